The zero-order valence-electron chi connectivity index (χ0n) is 10.5. The molecule has 0 saturated carbocycles. The molecule has 1 aromatic carbocycles. The molecule has 90 valence electrons. The first-order valence-corrected chi connectivity index (χ1v) is 6.62. The van der Waals surface area contributed by atoms with Gasteiger partial charge in [0.1, 0.15) is 0 Å². The first-order chi connectivity index (χ1) is 8.31. The molecule has 3 rings (SSSR count). The van der Waals surface area contributed by atoms with Gasteiger partial charge >= 0.3 is 0 Å². The number of hydrogen-bond donors (Lipinski definition) is 1. The van der Waals surface area contributed by atoms with E-state index in [9.17, 15) is 0 Å². The molecule has 2 aromatic rings. The molecule has 1 aromatic heterocycles. The van der Waals surface area contributed by atoms with Crippen LogP contribution in [-0.4, -0.2) is 11.1 Å². The maximum Gasteiger partial charge on any atom is 0.0488 e. The van der Waals surface area contributed by atoms with Gasteiger partial charge in [-0.05, 0) is 49.8 Å². The van der Waals surface area contributed by atoms with Gasteiger partial charge in [0.25, 0.3) is 0 Å². The van der Waals surface area contributed by atoms with Gasteiger partial charge in [0.15, 0.2) is 0 Å². The van der Waals surface area contributed by atoms with Crippen molar-refractivity contribution in [3.63, 3.8) is 0 Å². The van der Waals surface area contributed by atoms with Crippen LogP contribution in [0.4, 0.5) is 0 Å². The standard InChI is InChI=1S/C15H20N2/c1-11-6-7-13-12-4-2-3-5-14(12)17(9-8-16)15(13)10-11/h6-7,10H,2-5,8-9,16H2,1H3. The molecule has 2 nitrogen and oxygen atoms in total. The predicted molar refractivity (Wildman–Crippen MR) is 72.4 cm³/mol. The molecule has 0 unspecified atom stereocenters. The maximum absolute atomic E-state index is 5.76. The van der Waals surface area contributed by atoms with Gasteiger partial charge in [-0.15, -0.1) is 0 Å². The maximum atomic E-state index is 5.76. The van der Waals surface area contributed by atoms with E-state index >= 15 is 0 Å². The van der Waals surface area contributed by atoms with Crippen LogP contribution in [-0.2, 0) is 19.4 Å². The van der Waals surface area contributed by atoms with Crippen molar-refractivity contribution in [2.45, 2.75) is 39.2 Å². The number of benzene rings is 1. The number of fused-ring (bicyclic) bond motifs is 3. The lowest BCUT2D eigenvalue weighted by molar-refractivity contribution is 0.617. The third-order valence-electron chi connectivity index (χ3n) is 3.89. The van der Waals surface area contributed by atoms with Crippen molar-refractivity contribution in [1.82, 2.24) is 4.57 Å². The number of aryl methyl sites for hydroxylation is 2. The monoisotopic (exact) mass is 228 g/mol. The smallest absolute Gasteiger partial charge is 0.0488 e. The van der Waals surface area contributed by atoms with Gasteiger partial charge in [-0.2, -0.15) is 0 Å². The van der Waals surface area contributed by atoms with Crippen molar-refractivity contribution in [3.05, 3.63) is 35.0 Å². The molecule has 0 amide bonds. The second kappa shape index (κ2) is 4.19. The summed E-state index contributed by atoms with van der Waals surface area (Å²) in [7, 11) is 0. The van der Waals surface area contributed by atoms with Gasteiger partial charge in [-0.25, -0.2) is 0 Å². The highest BCUT2D eigenvalue weighted by Gasteiger charge is 2.19. The average molecular weight is 228 g/mol. The molecule has 2 N–H and O–H groups in total. The van der Waals surface area contributed by atoms with E-state index in [-0.39, 0.29) is 0 Å². The van der Waals surface area contributed by atoms with E-state index in [1.807, 2.05) is 0 Å². The summed E-state index contributed by atoms with van der Waals surface area (Å²) in [5.74, 6) is 0. The van der Waals surface area contributed by atoms with Crippen LogP contribution in [0.5, 0.6) is 0 Å². The van der Waals surface area contributed by atoms with Gasteiger partial charge in [-0.3, -0.25) is 0 Å². The fourth-order valence-electron chi connectivity index (χ4n) is 3.13. The Bertz CT molecular complexity index is 552. The van der Waals surface area contributed by atoms with Crippen LogP contribution in [0.15, 0.2) is 18.2 Å². The van der Waals surface area contributed by atoms with Crippen molar-refractivity contribution in [1.29, 1.82) is 0 Å². The third kappa shape index (κ3) is 1.67. The molecule has 0 fully saturated rings. The molecule has 2 heteroatoms. The summed E-state index contributed by atoms with van der Waals surface area (Å²) in [5, 5.41) is 1.46. The molecular formula is C15H20N2. The van der Waals surface area contributed by atoms with Gasteiger partial charge in [0, 0.05) is 29.7 Å². The van der Waals surface area contributed by atoms with Gasteiger partial charge in [0.2, 0.25) is 0 Å². The summed E-state index contributed by atoms with van der Waals surface area (Å²) in [5.41, 5.74) is 11.6. The van der Waals surface area contributed by atoms with Crippen LogP contribution in [0.1, 0.15) is 29.7 Å². The molecule has 1 aliphatic carbocycles. The Hall–Kier alpha value is -1.28. The minimum Gasteiger partial charge on any atom is -0.343 e. The van der Waals surface area contributed by atoms with E-state index in [0.29, 0.717) is 0 Å². The second-order valence-corrected chi connectivity index (χ2v) is 5.09. The van der Waals surface area contributed by atoms with E-state index in [2.05, 4.69) is 29.7 Å². The molecule has 0 saturated heterocycles. The van der Waals surface area contributed by atoms with Crippen LogP contribution in [0.2, 0.25) is 0 Å². The average Bonchev–Trinajstić information content (AvgIpc) is 2.65. The largest absolute Gasteiger partial charge is 0.343 e. The molecule has 17 heavy (non-hydrogen) atoms. The van der Waals surface area contributed by atoms with Crippen LogP contribution in [0.3, 0.4) is 0 Å². The third-order valence-corrected chi connectivity index (χ3v) is 3.89. The molecule has 0 radical (unpaired) electrons. The molecule has 1 aliphatic rings. The van der Waals surface area contributed by atoms with E-state index in [1.165, 1.54) is 42.1 Å². The van der Waals surface area contributed by atoms with Crippen molar-refractivity contribution >= 4 is 10.9 Å². The SMILES string of the molecule is Cc1ccc2c3c(n(CCN)c2c1)CCCC3. The molecule has 0 spiro atoms. The molecule has 0 aliphatic heterocycles. The summed E-state index contributed by atoms with van der Waals surface area (Å²) >= 11 is 0. The zero-order valence-corrected chi connectivity index (χ0v) is 10.5. The summed E-state index contributed by atoms with van der Waals surface area (Å²) in [6, 6.07) is 6.83. The Morgan fingerprint density at radius 1 is 1.24 bits per heavy atom. The van der Waals surface area contributed by atoms with Gasteiger partial charge in [-0.1, -0.05) is 12.1 Å². The van der Waals surface area contributed by atoms with E-state index < -0.39 is 0 Å². The highest BCUT2D eigenvalue weighted by molar-refractivity contribution is 5.86. The lowest BCUT2D eigenvalue weighted by Crippen LogP contribution is -2.14. The van der Waals surface area contributed by atoms with Crippen molar-refractivity contribution in [2.24, 2.45) is 5.73 Å². The van der Waals surface area contributed by atoms with E-state index in [0.717, 1.165) is 13.1 Å². The Labute approximate surface area is 102 Å². The van der Waals surface area contributed by atoms with Crippen molar-refractivity contribution in [2.75, 3.05) is 6.54 Å². The summed E-state index contributed by atoms with van der Waals surface area (Å²) < 4.78 is 2.46. The fraction of sp³-hybridized carbons (Fsp3) is 0.467. The fourth-order valence-corrected chi connectivity index (χ4v) is 3.13. The van der Waals surface area contributed by atoms with Gasteiger partial charge < -0.3 is 10.3 Å². The van der Waals surface area contributed by atoms with E-state index in [4.69, 9.17) is 5.73 Å². The first kappa shape index (κ1) is 10.8. The number of aromatic nitrogens is 1. The zero-order chi connectivity index (χ0) is 11.8. The molecule has 0 atom stereocenters. The number of nitrogens with zero attached hydrogens (tertiary/aromatic N) is 1. The number of hydrogen-bond acceptors (Lipinski definition) is 1. The van der Waals surface area contributed by atoms with E-state index in [1.54, 1.807) is 11.3 Å². The molecule has 1 heterocycles. The summed E-state index contributed by atoms with van der Waals surface area (Å²) in [6.45, 7) is 3.84. The topological polar surface area (TPSA) is 30.9 Å². The normalized spacial score (nSPS) is 15.2. The lowest BCUT2D eigenvalue weighted by Gasteiger charge is -2.15. The van der Waals surface area contributed by atoms with Crippen LogP contribution in [0, 0.1) is 6.92 Å². The summed E-state index contributed by atoms with van der Waals surface area (Å²) in [6.07, 6.45) is 5.13. The lowest BCUT2D eigenvalue weighted by atomic mass is 9.95. The highest BCUT2D eigenvalue weighted by atomic mass is 15.0. The quantitative estimate of drug-likeness (QED) is 0.842. The Kier molecular flexibility index (Phi) is 2.67. The molecule has 0 bridgehead atoms. The minimum absolute atomic E-state index is 0.726. The second-order valence-electron chi connectivity index (χ2n) is 5.09. The minimum atomic E-state index is 0.726. The van der Waals surface area contributed by atoms with Crippen molar-refractivity contribution < 1.29 is 0 Å². The highest BCUT2D eigenvalue weighted by Crippen LogP contribution is 2.32. The Morgan fingerprint density at radius 3 is 2.88 bits per heavy atom. The first-order valence-electron chi connectivity index (χ1n) is 6.62. The predicted octanol–water partition coefficient (Wildman–Crippen LogP) is 2.79. The Morgan fingerprint density at radius 2 is 2.06 bits per heavy atom. The Balaban J connectivity index is 2.29. The summed E-state index contributed by atoms with van der Waals surface area (Å²) in [4.78, 5) is 0. The number of rotatable bonds is 2. The van der Waals surface area contributed by atoms with Gasteiger partial charge in [0.05, 0.1) is 0 Å². The van der Waals surface area contributed by atoms with Crippen LogP contribution < -0.4 is 5.73 Å². The van der Waals surface area contributed by atoms with Crippen LogP contribution >= 0.6 is 0 Å². The van der Waals surface area contributed by atoms with Crippen molar-refractivity contribution in [3.8, 4) is 0 Å². The molecular weight excluding hydrogens is 208 g/mol. The number of nitrogens with two attached hydrogens (primary N) is 1. The van der Waals surface area contributed by atoms with Crippen LogP contribution in [0.25, 0.3) is 10.9 Å².